The molecule has 4 rings (SSSR count). The molecule has 0 radical (unpaired) electrons. The first-order chi connectivity index (χ1) is 17.9. The molecule has 1 aliphatic carbocycles. The minimum Gasteiger partial charge on any atom is -0.497 e. The Morgan fingerprint density at radius 1 is 1.08 bits per heavy atom. The molecule has 11 heteroatoms. The van der Waals surface area contributed by atoms with E-state index < -0.39 is 29.2 Å². The fourth-order valence-corrected chi connectivity index (χ4v) is 5.82. The van der Waals surface area contributed by atoms with Crippen LogP contribution in [0.5, 0.6) is 5.75 Å². The van der Waals surface area contributed by atoms with Crippen LogP contribution in [0, 0.1) is 5.41 Å². The molecule has 2 fully saturated rings. The van der Waals surface area contributed by atoms with Gasteiger partial charge >= 0.3 is 12.1 Å². The SMILES string of the molecule is COc1cccc(C(O)(C(=O)N2CCC3(CCC(Nc4ccc(C(=O)O)c(Cl)c4)CC3)CC2)C(F)(F)F)c1. The molecule has 1 saturated carbocycles. The van der Waals surface area contributed by atoms with Crippen LogP contribution in [0.1, 0.15) is 54.4 Å². The lowest BCUT2D eigenvalue weighted by Crippen LogP contribution is -2.58. The van der Waals surface area contributed by atoms with E-state index in [1.807, 2.05) is 0 Å². The van der Waals surface area contributed by atoms with Gasteiger partial charge in [0.2, 0.25) is 0 Å². The maximum atomic E-state index is 14.1. The Morgan fingerprint density at radius 3 is 2.29 bits per heavy atom. The third-order valence-corrected chi connectivity index (χ3v) is 8.25. The van der Waals surface area contributed by atoms with Crippen molar-refractivity contribution in [1.82, 2.24) is 4.90 Å². The zero-order valence-electron chi connectivity index (χ0n) is 20.9. The van der Waals surface area contributed by atoms with Crippen molar-refractivity contribution < 1.29 is 37.7 Å². The number of methoxy groups -OCH3 is 1. The highest BCUT2D eigenvalue weighted by molar-refractivity contribution is 6.33. The van der Waals surface area contributed by atoms with Crippen molar-refractivity contribution in [2.75, 3.05) is 25.5 Å². The zero-order chi connectivity index (χ0) is 27.7. The van der Waals surface area contributed by atoms with Crippen LogP contribution < -0.4 is 10.1 Å². The summed E-state index contributed by atoms with van der Waals surface area (Å²) >= 11 is 6.06. The van der Waals surface area contributed by atoms with Gasteiger partial charge in [-0.25, -0.2) is 4.79 Å². The van der Waals surface area contributed by atoms with Gasteiger partial charge in [0.25, 0.3) is 11.5 Å². The van der Waals surface area contributed by atoms with Gasteiger partial charge in [-0.2, -0.15) is 13.2 Å². The van der Waals surface area contributed by atoms with E-state index in [0.717, 1.165) is 48.4 Å². The zero-order valence-corrected chi connectivity index (χ0v) is 21.6. The highest BCUT2D eigenvalue weighted by atomic mass is 35.5. The Bertz CT molecular complexity index is 1190. The highest BCUT2D eigenvalue weighted by Crippen LogP contribution is 2.47. The molecule has 1 amide bonds. The molecule has 1 aliphatic heterocycles. The number of aliphatic hydroxyl groups is 1. The fourth-order valence-electron chi connectivity index (χ4n) is 5.56. The molecule has 7 nitrogen and oxygen atoms in total. The maximum absolute atomic E-state index is 14.1. The second kappa shape index (κ2) is 10.6. The standard InChI is InChI=1S/C27H30ClF3N2O5/c1-38-20-4-2-3-17(15-20)26(37,27(29,30)31)24(36)33-13-11-25(12-14-33)9-7-18(8-10-25)32-19-5-6-21(23(34)35)22(28)16-19/h2-6,15-16,18,32,37H,7-14H2,1H3,(H,34,35). The fraction of sp³-hybridized carbons (Fsp3) is 0.481. The molecule has 2 aliphatic rings. The topological polar surface area (TPSA) is 99.1 Å². The number of hydrogen-bond donors (Lipinski definition) is 3. The van der Waals surface area contributed by atoms with Gasteiger partial charge in [0, 0.05) is 30.4 Å². The van der Waals surface area contributed by atoms with Gasteiger partial charge in [0.1, 0.15) is 5.75 Å². The van der Waals surface area contributed by atoms with Gasteiger partial charge < -0.3 is 25.2 Å². The summed E-state index contributed by atoms with van der Waals surface area (Å²) in [6.45, 7) is 0.261. The number of piperidine rings is 1. The summed E-state index contributed by atoms with van der Waals surface area (Å²) in [4.78, 5) is 25.4. The summed E-state index contributed by atoms with van der Waals surface area (Å²) < 4.78 is 47.3. The number of carbonyl (C=O) groups is 2. The number of hydrogen-bond acceptors (Lipinski definition) is 5. The third-order valence-electron chi connectivity index (χ3n) is 7.94. The number of anilines is 1. The summed E-state index contributed by atoms with van der Waals surface area (Å²) in [5, 5.41) is 23.5. The summed E-state index contributed by atoms with van der Waals surface area (Å²) in [7, 11) is 1.30. The van der Waals surface area contributed by atoms with Gasteiger partial charge in [-0.3, -0.25) is 4.79 Å². The number of amides is 1. The molecule has 0 aromatic heterocycles. The van der Waals surface area contributed by atoms with Crippen LogP contribution in [0.2, 0.25) is 5.02 Å². The number of alkyl halides is 3. The second-order valence-corrected chi connectivity index (χ2v) is 10.6. The summed E-state index contributed by atoms with van der Waals surface area (Å²) in [6.07, 6.45) is -0.778. The number of carbonyl (C=O) groups excluding carboxylic acids is 1. The first kappa shape index (κ1) is 28.0. The maximum Gasteiger partial charge on any atom is 0.430 e. The quantitative estimate of drug-likeness (QED) is 0.438. The predicted octanol–water partition coefficient (Wildman–Crippen LogP) is 5.46. The molecule has 1 unspecified atom stereocenters. The van der Waals surface area contributed by atoms with Crippen molar-refractivity contribution in [3.05, 3.63) is 58.6 Å². The van der Waals surface area contributed by atoms with E-state index in [9.17, 15) is 27.9 Å². The summed E-state index contributed by atoms with van der Waals surface area (Å²) in [5.41, 5.74) is -3.55. The summed E-state index contributed by atoms with van der Waals surface area (Å²) in [5.74, 6) is -2.35. The normalized spacial score (nSPS) is 19.6. The number of likely N-dealkylation sites (tertiary alicyclic amines) is 1. The van der Waals surface area contributed by atoms with Crippen LogP contribution >= 0.6 is 11.6 Å². The predicted molar refractivity (Wildman–Crippen MR) is 135 cm³/mol. The van der Waals surface area contributed by atoms with E-state index in [0.29, 0.717) is 12.8 Å². The van der Waals surface area contributed by atoms with Crippen molar-refractivity contribution in [2.24, 2.45) is 5.41 Å². The molecule has 1 atom stereocenters. The highest BCUT2D eigenvalue weighted by Gasteiger charge is 2.62. The molecule has 2 aromatic rings. The molecule has 1 spiro atoms. The van der Waals surface area contributed by atoms with Crippen molar-refractivity contribution in [3.63, 3.8) is 0 Å². The first-order valence-corrected chi connectivity index (χ1v) is 12.8. The number of nitrogens with zero attached hydrogens (tertiary/aromatic N) is 1. The van der Waals surface area contributed by atoms with Gasteiger partial charge in [0.05, 0.1) is 17.7 Å². The van der Waals surface area contributed by atoms with E-state index in [1.165, 1.54) is 25.3 Å². The van der Waals surface area contributed by atoms with Crippen LogP contribution in [-0.2, 0) is 10.4 Å². The van der Waals surface area contributed by atoms with Crippen LogP contribution in [0.3, 0.4) is 0 Å². The lowest BCUT2D eigenvalue weighted by Gasteiger charge is -2.47. The monoisotopic (exact) mass is 554 g/mol. The first-order valence-electron chi connectivity index (χ1n) is 12.4. The molecule has 1 heterocycles. The van der Waals surface area contributed by atoms with Gasteiger partial charge in [-0.05, 0) is 74.3 Å². The molecule has 0 bridgehead atoms. The molecule has 2 aromatic carbocycles. The molecular weight excluding hydrogens is 525 g/mol. The van der Waals surface area contributed by atoms with E-state index in [4.69, 9.17) is 21.4 Å². The largest absolute Gasteiger partial charge is 0.497 e. The number of aromatic carboxylic acids is 1. The Balaban J connectivity index is 1.38. The minimum atomic E-state index is -5.21. The molecule has 38 heavy (non-hydrogen) atoms. The van der Waals surface area contributed by atoms with E-state index in [2.05, 4.69) is 5.32 Å². The number of rotatable bonds is 6. The Morgan fingerprint density at radius 2 is 1.74 bits per heavy atom. The Labute approximate surface area is 223 Å². The average Bonchev–Trinajstić information content (AvgIpc) is 2.89. The van der Waals surface area contributed by atoms with Gasteiger partial charge in [0.15, 0.2) is 0 Å². The number of carboxylic acids is 1. The lowest BCUT2D eigenvalue weighted by atomic mass is 9.66. The van der Waals surface area contributed by atoms with E-state index >= 15 is 0 Å². The number of benzene rings is 2. The van der Waals surface area contributed by atoms with Crippen LogP contribution in [0.4, 0.5) is 18.9 Å². The molecule has 3 N–H and O–H groups in total. The third kappa shape index (κ3) is 5.42. The lowest BCUT2D eigenvalue weighted by molar-refractivity contribution is -0.262. The smallest absolute Gasteiger partial charge is 0.430 e. The molecule has 1 saturated heterocycles. The average molecular weight is 555 g/mol. The van der Waals surface area contributed by atoms with Crippen LogP contribution in [0.25, 0.3) is 0 Å². The minimum absolute atomic E-state index is 0.0324. The van der Waals surface area contributed by atoms with Crippen LogP contribution in [0.15, 0.2) is 42.5 Å². The second-order valence-electron chi connectivity index (χ2n) is 10.2. The van der Waals surface area contributed by atoms with Crippen molar-refractivity contribution in [3.8, 4) is 5.75 Å². The molecule has 206 valence electrons. The Kier molecular flexibility index (Phi) is 7.86. The van der Waals surface area contributed by atoms with Crippen molar-refractivity contribution >= 4 is 29.2 Å². The van der Waals surface area contributed by atoms with E-state index in [1.54, 1.807) is 12.1 Å². The van der Waals surface area contributed by atoms with Gasteiger partial charge in [-0.1, -0.05) is 23.7 Å². The number of nitrogens with one attached hydrogen (secondary N) is 1. The number of carboxylic acid groups (broad SMARTS) is 1. The Hall–Kier alpha value is -2.98. The molecular formula is C27H30ClF3N2O5. The number of halogens is 4. The van der Waals surface area contributed by atoms with Crippen molar-refractivity contribution in [2.45, 2.75) is 56.3 Å². The van der Waals surface area contributed by atoms with Gasteiger partial charge in [-0.15, -0.1) is 0 Å². The number of ether oxygens (including phenoxy) is 1. The van der Waals surface area contributed by atoms with Crippen molar-refractivity contribution in [1.29, 1.82) is 0 Å². The van der Waals surface area contributed by atoms with E-state index in [-0.39, 0.29) is 40.9 Å². The van der Waals surface area contributed by atoms with Crippen LogP contribution in [-0.4, -0.2) is 59.4 Å². The summed E-state index contributed by atoms with van der Waals surface area (Å²) in [6, 6.07) is 9.74.